The highest BCUT2D eigenvalue weighted by Gasteiger charge is 2.17. The van der Waals surface area contributed by atoms with Gasteiger partial charge in [-0.3, -0.25) is 0 Å². The lowest BCUT2D eigenvalue weighted by atomic mass is 10.2. The number of nitrogens with one attached hydrogen (secondary N) is 1. The molecule has 0 saturated heterocycles. The SMILES string of the molecule is CC(C)(C)OC(=O)NCC(N)c1csnn1. The number of nitrogens with two attached hydrogens (primary N) is 1. The summed E-state index contributed by atoms with van der Waals surface area (Å²) in [5, 5.41) is 8.15. The van der Waals surface area contributed by atoms with Crippen LogP contribution in [0.5, 0.6) is 0 Å². The molecule has 0 aliphatic heterocycles. The zero-order valence-corrected chi connectivity index (χ0v) is 10.4. The quantitative estimate of drug-likeness (QED) is 0.829. The second-order valence-corrected chi connectivity index (χ2v) is 4.93. The monoisotopic (exact) mass is 244 g/mol. The summed E-state index contributed by atoms with van der Waals surface area (Å²) in [5.41, 5.74) is 5.95. The summed E-state index contributed by atoms with van der Waals surface area (Å²) in [6.07, 6.45) is -0.480. The molecule has 0 radical (unpaired) electrons. The molecular formula is C9H16N4O2S. The number of carbonyl (C=O) groups excluding carboxylic acids is 1. The van der Waals surface area contributed by atoms with Gasteiger partial charge in [-0.1, -0.05) is 4.49 Å². The first kappa shape index (κ1) is 12.9. The fourth-order valence-electron chi connectivity index (χ4n) is 0.945. The molecule has 1 atom stereocenters. The Hall–Kier alpha value is -1.21. The van der Waals surface area contributed by atoms with E-state index in [0.717, 1.165) is 0 Å². The van der Waals surface area contributed by atoms with E-state index < -0.39 is 11.7 Å². The maximum atomic E-state index is 11.3. The molecule has 1 heterocycles. The molecule has 6 nitrogen and oxygen atoms in total. The van der Waals surface area contributed by atoms with Gasteiger partial charge in [0.1, 0.15) is 5.60 Å². The van der Waals surface area contributed by atoms with Crippen molar-refractivity contribution in [2.75, 3.05) is 6.54 Å². The van der Waals surface area contributed by atoms with Crippen LogP contribution in [0.25, 0.3) is 0 Å². The molecule has 1 aromatic heterocycles. The molecule has 1 aromatic rings. The summed E-state index contributed by atoms with van der Waals surface area (Å²) in [6, 6.07) is -0.355. The Morgan fingerprint density at radius 2 is 2.38 bits per heavy atom. The Labute approximate surface area is 98.3 Å². The molecule has 0 aromatic carbocycles. The highest BCUT2D eigenvalue weighted by atomic mass is 32.1. The number of rotatable bonds is 3. The van der Waals surface area contributed by atoms with E-state index in [-0.39, 0.29) is 12.6 Å². The normalized spacial score (nSPS) is 13.2. The van der Waals surface area contributed by atoms with E-state index in [0.29, 0.717) is 5.69 Å². The number of ether oxygens (including phenoxy) is 1. The molecule has 1 rings (SSSR count). The molecule has 0 aliphatic rings. The van der Waals surface area contributed by atoms with E-state index >= 15 is 0 Å². The smallest absolute Gasteiger partial charge is 0.407 e. The Bertz CT molecular complexity index is 334. The van der Waals surface area contributed by atoms with Crippen LogP contribution in [0.3, 0.4) is 0 Å². The molecule has 7 heteroatoms. The third kappa shape index (κ3) is 4.54. The lowest BCUT2D eigenvalue weighted by Gasteiger charge is -2.20. The predicted octanol–water partition coefficient (Wildman–Crippen LogP) is 1.06. The van der Waals surface area contributed by atoms with Crippen LogP contribution in [0, 0.1) is 0 Å². The molecule has 0 aliphatic carbocycles. The van der Waals surface area contributed by atoms with Crippen molar-refractivity contribution in [3.05, 3.63) is 11.1 Å². The van der Waals surface area contributed by atoms with Gasteiger partial charge in [-0.25, -0.2) is 4.79 Å². The molecule has 1 unspecified atom stereocenters. The van der Waals surface area contributed by atoms with Gasteiger partial charge in [-0.05, 0) is 32.3 Å². The third-order valence-corrected chi connectivity index (χ3v) is 2.14. The van der Waals surface area contributed by atoms with Gasteiger partial charge in [0.2, 0.25) is 0 Å². The number of nitrogens with zero attached hydrogens (tertiary/aromatic N) is 2. The Morgan fingerprint density at radius 1 is 1.69 bits per heavy atom. The average Bonchev–Trinajstić information content (AvgIpc) is 2.64. The second-order valence-electron chi connectivity index (χ2n) is 4.32. The van der Waals surface area contributed by atoms with Gasteiger partial charge in [0.05, 0.1) is 11.7 Å². The second kappa shape index (κ2) is 5.22. The van der Waals surface area contributed by atoms with Crippen LogP contribution < -0.4 is 11.1 Å². The van der Waals surface area contributed by atoms with Gasteiger partial charge >= 0.3 is 6.09 Å². The number of amides is 1. The Morgan fingerprint density at radius 3 is 2.88 bits per heavy atom. The van der Waals surface area contributed by atoms with Crippen LogP contribution in [0.15, 0.2) is 5.38 Å². The van der Waals surface area contributed by atoms with E-state index in [1.54, 1.807) is 26.2 Å². The van der Waals surface area contributed by atoms with Crippen molar-refractivity contribution >= 4 is 17.6 Å². The minimum absolute atomic E-state index is 0.278. The van der Waals surface area contributed by atoms with Crippen molar-refractivity contribution in [2.45, 2.75) is 32.4 Å². The lowest BCUT2D eigenvalue weighted by molar-refractivity contribution is 0.0524. The van der Waals surface area contributed by atoms with Crippen molar-refractivity contribution in [1.29, 1.82) is 0 Å². The molecule has 3 N–H and O–H groups in total. The van der Waals surface area contributed by atoms with E-state index in [1.807, 2.05) is 0 Å². The molecule has 1 amide bonds. The van der Waals surface area contributed by atoms with Crippen LogP contribution in [-0.2, 0) is 4.74 Å². The molecule has 0 bridgehead atoms. The summed E-state index contributed by atoms with van der Waals surface area (Å²) >= 11 is 1.23. The summed E-state index contributed by atoms with van der Waals surface area (Å²) in [5.74, 6) is 0. The van der Waals surface area contributed by atoms with Crippen LogP contribution >= 0.6 is 11.5 Å². The maximum absolute atomic E-state index is 11.3. The maximum Gasteiger partial charge on any atom is 0.407 e. The van der Waals surface area contributed by atoms with Crippen LogP contribution in [-0.4, -0.2) is 27.8 Å². The van der Waals surface area contributed by atoms with Gasteiger partial charge in [0, 0.05) is 11.9 Å². The molecule has 16 heavy (non-hydrogen) atoms. The van der Waals surface area contributed by atoms with Crippen LogP contribution in [0.4, 0.5) is 4.79 Å². The van der Waals surface area contributed by atoms with Crippen molar-refractivity contribution < 1.29 is 9.53 Å². The first-order chi connectivity index (χ1) is 7.38. The van der Waals surface area contributed by atoms with Crippen LogP contribution in [0.2, 0.25) is 0 Å². The van der Waals surface area contributed by atoms with Gasteiger partial charge in [0.15, 0.2) is 0 Å². The van der Waals surface area contributed by atoms with E-state index in [9.17, 15) is 4.79 Å². The Kier molecular flexibility index (Phi) is 4.19. The first-order valence-corrected chi connectivity index (χ1v) is 5.71. The summed E-state index contributed by atoms with van der Waals surface area (Å²) in [6.45, 7) is 5.69. The average molecular weight is 244 g/mol. The van der Waals surface area contributed by atoms with Crippen molar-refractivity contribution in [2.24, 2.45) is 5.73 Å². The van der Waals surface area contributed by atoms with E-state index in [2.05, 4.69) is 14.9 Å². The van der Waals surface area contributed by atoms with Gasteiger partial charge < -0.3 is 15.8 Å². The topological polar surface area (TPSA) is 90.1 Å². The van der Waals surface area contributed by atoms with Crippen molar-refractivity contribution in [3.63, 3.8) is 0 Å². The Balaban J connectivity index is 2.32. The predicted molar refractivity (Wildman–Crippen MR) is 61.1 cm³/mol. The standard InChI is InChI=1S/C9H16N4O2S/c1-9(2,3)15-8(14)11-4-6(10)7-5-16-13-12-7/h5-6H,4,10H2,1-3H3,(H,11,14). The number of alkyl carbamates (subject to hydrolysis) is 1. The molecule has 90 valence electrons. The number of aromatic nitrogens is 2. The highest BCUT2D eigenvalue weighted by Crippen LogP contribution is 2.08. The third-order valence-electron chi connectivity index (χ3n) is 1.62. The number of carbonyl (C=O) groups is 1. The van der Waals surface area contributed by atoms with Crippen molar-refractivity contribution in [3.8, 4) is 0 Å². The molecule has 0 saturated carbocycles. The lowest BCUT2D eigenvalue weighted by Crippen LogP contribution is -2.36. The van der Waals surface area contributed by atoms with Gasteiger partial charge in [-0.2, -0.15) is 0 Å². The number of hydrogen-bond acceptors (Lipinski definition) is 6. The first-order valence-electron chi connectivity index (χ1n) is 4.88. The summed E-state index contributed by atoms with van der Waals surface area (Å²) in [7, 11) is 0. The van der Waals surface area contributed by atoms with E-state index in [1.165, 1.54) is 11.5 Å². The van der Waals surface area contributed by atoms with Crippen molar-refractivity contribution in [1.82, 2.24) is 14.9 Å². The number of hydrogen-bond donors (Lipinski definition) is 2. The molecule has 0 spiro atoms. The summed E-state index contributed by atoms with van der Waals surface area (Å²) in [4.78, 5) is 11.3. The zero-order chi connectivity index (χ0) is 12.2. The highest BCUT2D eigenvalue weighted by molar-refractivity contribution is 7.03. The fourth-order valence-corrected chi connectivity index (χ4v) is 1.46. The molecule has 0 fully saturated rings. The largest absolute Gasteiger partial charge is 0.444 e. The minimum Gasteiger partial charge on any atom is -0.444 e. The van der Waals surface area contributed by atoms with E-state index in [4.69, 9.17) is 10.5 Å². The van der Waals surface area contributed by atoms with Crippen LogP contribution in [0.1, 0.15) is 32.5 Å². The minimum atomic E-state index is -0.504. The summed E-state index contributed by atoms with van der Waals surface area (Å²) < 4.78 is 8.76. The zero-order valence-electron chi connectivity index (χ0n) is 9.56. The molecular weight excluding hydrogens is 228 g/mol. The van der Waals surface area contributed by atoms with Gasteiger partial charge in [0.25, 0.3) is 0 Å². The van der Waals surface area contributed by atoms with Gasteiger partial charge in [-0.15, -0.1) is 5.10 Å². The fraction of sp³-hybridized carbons (Fsp3) is 0.667.